The van der Waals surface area contributed by atoms with Gasteiger partial charge in [-0.2, -0.15) is 13.2 Å². The fourth-order valence-electron chi connectivity index (χ4n) is 2.18. The molecule has 100 valence electrons. The Balaban J connectivity index is 2.10. The number of hydrogen-bond donors (Lipinski definition) is 1. The Kier molecular flexibility index (Phi) is 3.92. The third-order valence-electron chi connectivity index (χ3n) is 3.26. The molecule has 1 aromatic carbocycles. The number of aliphatic hydroxyl groups excluding tert-OH is 1. The van der Waals surface area contributed by atoms with Gasteiger partial charge in [0.05, 0.1) is 24.9 Å². The zero-order valence-electron chi connectivity index (χ0n) is 9.78. The minimum Gasteiger partial charge on any atom is -0.394 e. The first kappa shape index (κ1) is 13.4. The van der Waals surface area contributed by atoms with Crippen LogP contribution in [0.2, 0.25) is 0 Å². The molecule has 0 bridgehead atoms. The SMILES string of the molecule is OCC1CCC(c2cccc(C(F)(F)F)c2)CO1. The summed E-state index contributed by atoms with van der Waals surface area (Å²) in [6.07, 6.45) is -3.06. The normalized spacial score (nSPS) is 25.1. The summed E-state index contributed by atoms with van der Waals surface area (Å²) in [7, 11) is 0. The molecule has 1 fully saturated rings. The molecule has 0 amide bonds. The lowest BCUT2D eigenvalue weighted by molar-refractivity contribution is -0.137. The fourth-order valence-corrected chi connectivity index (χ4v) is 2.18. The van der Waals surface area contributed by atoms with Crippen molar-refractivity contribution in [1.29, 1.82) is 0 Å². The van der Waals surface area contributed by atoms with Crippen molar-refractivity contribution < 1.29 is 23.0 Å². The van der Waals surface area contributed by atoms with Crippen molar-refractivity contribution in [3.63, 3.8) is 0 Å². The zero-order chi connectivity index (χ0) is 13.2. The summed E-state index contributed by atoms with van der Waals surface area (Å²) < 4.78 is 43.2. The van der Waals surface area contributed by atoms with Crippen LogP contribution in [0.1, 0.15) is 29.9 Å². The Hall–Kier alpha value is -1.07. The molecule has 2 rings (SSSR count). The Morgan fingerprint density at radius 1 is 1.28 bits per heavy atom. The van der Waals surface area contributed by atoms with Gasteiger partial charge >= 0.3 is 6.18 Å². The second-order valence-electron chi connectivity index (χ2n) is 4.54. The van der Waals surface area contributed by atoms with Gasteiger partial charge in [-0.05, 0) is 24.5 Å². The van der Waals surface area contributed by atoms with Crippen LogP contribution in [0.5, 0.6) is 0 Å². The average molecular weight is 260 g/mol. The predicted octanol–water partition coefficient (Wildman–Crippen LogP) is 2.96. The second kappa shape index (κ2) is 5.28. The first-order valence-corrected chi connectivity index (χ1v) is 5.90. The van der Waals surface area contributed by atoms with Crippen LogP contribution in [0.15, 0.2) is 24.3 Å². The number of ether oxygens (including phenoxy) is 1. The third kappa shape index (κ3) is 3.03. The van der Waals surface area contributed by atoms with Crippen LogP contribution in [0.4, 0.5) is 13.2 Å². The molecule has 1 N–H and O–H groups in total. The molecule has 2 nitrogen and oxygen atoms in total. The van der Waals surface area contributed by atoms with Crippen LogP contribution in [-0.2, 0) is 10.9 Å². The highest BCUT2D eigenvalue weighted by Gasteiger charge is 2.31. The smallest absolute Gasteiger partial charge is 0.394 e. The summed E-state index contributed by atoms with van der Waals surface area (Å²) in [4.78, 5) is 0. The Labute approximate surface area is 103 Å². The van der Waals surface area contributed by atoms with E-state index in [4.69, 9.17) is 9.84 Å². The van der Waals surface area contributed by atoms with Gasteiger partial charge < -0.3 is 9.84 Å². The maximum absolute atomic E-state index is 12.6. The monoisotopic (exact) mass is 260 g/mol. The second-order valence-corrected chi connectivity index (χ2v) is 4.54. The van der Waals surface area contributed by atoms with Gasteiger partial charge in [0.15, 0.2) is 0 Å². The van der Waals surface area contributed by atoms with Crippen molar-refractivity contribution in [2.75, 3.05) is 13.2 Å². The molecule has 0 radical (unpaired) electrons. The lowest BCUT2D eigenvalue weighted by atomic mass is 9.90. The van der Waals surface area contributed by atoms with Crippen molar-refractivity contribution in [1.82, 2.24) is 0 Å². The third-order valence-corrected chi connectivity index (χ3v) is 3.26. The number of rotatable bonds is 2. The van der Waals surface area contributed by atoms with Gasteiger partial charge in [-0.3, -0.25) is 0 Å². The molecule has 1 saturated heterocycles. The van der Waals surface area contributed by atoms with E-state index in [0.717, 1.165) is 12.5 Å². The fraction of sp³-hybridized carbons (Fsp3) is 0.538. The quantitative estimate of drug-likeness (QED) is 0.885. The molecule has 1 aliphatic heterocycles. The number of hydrogen-bond acceptors (Lipinski definition) is 2. The Morgan fingerprint density at radius 2 is 2.06 bits per heavy atom. The molecule has 2 atom stereocenters. The molecular weight excluding hydrogens is 245 g/mol. The van der Waals surface area contributed by atoms with Crippen molar-refractivity contribution in [2.24, 2.45) is 0 Å². The van der Waals surface area contributed by atoms with Crippen molar-refractivity contribution in [3.05, 3.63) is 35.4 Å². The van der Waals surface area contributed by atoms with Crippen LogP contribution in [0, 0.1) is 0 Å². The summed E-state index contributed by atoms with van der Waals surface area (Å²) in [5, 5.41) is 8.92. The minimum atomic E-state index is -4.31. The summed E-state index contributed by atoms with van der Waals surface area (Å²) >= 11 is 0. The van der Waals surface area contributed by atoms with Crippen molar-refractivity contribution >= 4 is 0 Å². The van der Waals surface area contributed by atoms with Gasteiger partial charge in [0.25, 0.3) is 0 Å². The molecule has 5 heteroatoms. The minimum absolute atomic E-state index is 0.0184. The predicted molar refractivity (Wildman–Crippen MR) is 60.2 cm³/mol. The van der Waals surface area contributed by atoms with Gasteiger partial charge in [-0.25, -0.2) is 0 Å². The van der Waals surface area contributed by atoms with Crippen molar-refractivity contribution in [3.8, 4) is 0 Å². The Morgan fingerprint density at radius 3 is 2.61 bits per heavy atom. The van der Waals surface area contributed by atoms with E-state index in [0.29, 0.717) is 18.6 Å². The summed E-state index contributed by atoms with van der Waals surface area (Å²) in [6, 6.07) is 5.38. The highest BCUT2D eigenvalue weighted by Crippen LogP contribution is 2.33. The topological polar surface area (TPSA) is 29.5 Å². The van der Waals surface area contributed by atoms with Crippen LogP contribution in [0.25, 0.3) is 0 Å². The van der Waals surface area contributed by atoms with Crippen LogP contribution < -0.4 is 0 Å². The largest absolute Gasteiger partial charge is 0.416 e. The average Bonchev–Trinajstić information content (AvgIpc) is 2.38. The van der Waals surface area contributed by atoms with E-state index in [9.17, 15) is 13.2 Å². The lowest BCUT2D eigenvalue weighted by Gasteiger charge is -2.28. The number of alkyl halides is 3. The van der Waals surface area contributed by atoms with E-state index in [1.54, 1.807) is 6.07 Å². The molecule has 2 unspecified atom stereocenters. The zero-order valence-corrected chi connectivity index (χ0v) is 9.78. The van der Waals surface area contributed by atoms with Gasteiger partial charge in [-0.15, -0.1) is 0 Å². The number of aliphatic hydroxyl groups is 1. The number of halogens is 3. The van der Waals surface area contributed by atoms with E-state index in [2.05, 4.69) is 0 Å². The van der Waals surface area contributed by atoms with Gasteiger partial charge in [0.2, 0.25) is 0 Å². The molecule has 1 aromatic rings. The van der Waals surface area contributed by atoms with Crippen molar-refractivity contribution in [2.45, 2.75) is 31.0 Å². The molecule has 1 aliphatic rings. The van der Waals surface area contributed by atoms with Gasteiger partial charge in [0.1, 0.15) is 0 Å². The maximum Gasteiger partial charge on any atom is 0.416 e. The van der Waals surface area contributed by atoms with E-state index in [-0.39, 0.29) is 18.6 Å². The molecule has 0 spiro atoms. The van der Waals surface area contributed by atoms with Crippen LogP contribution in [0.3, 0.4) is 0 Å². The number of benzene rings is 1. The van der Waals surface area contributed by atoms with Crippen LogP contribution >= 0.6 is 0 Å². The Bertz CT molecular complexity index is 395. The van der Waals surface area contributed by atoms with Gasteiger partial charge in [0, 0.05) is 5.92 Å². The van der Waals surface area contributed by atoms with E-state index in [1.165, 1.54) is 12.1 Å². The molecule has 0 aromatic heterocycles. The summed E-state index contributed by atoms with van der Waals surface area (Å²) in [5.41, 5.74) is 0.0329. The highest BCUT2D eigenvalue weighted by atomic mass is 19.4. The highest BCUT2D eigenvalue weighted by molar-refractivity contribution is 5.28. The summed E-state index contributed by atoms with van der Waals surface area (Å²) in [6.45, 7) is 0.335. The lowest BCUT2D eigenvalue weighted by Crippen LogP contribution is -2.27. The van der Waals surface area contributed by atoms with E-state index < -0.39 is 11.7 Å². The standard InChI is InChI=1S/C13H15F3O2/c14-13(15,16)11-3-1-2-9(6-11)10-4-5-12(7-17)18-8-10/h1-3,6,10,12,17H,4-5,7-8H2. The molecule has 0 saturated carbocycles. The first-order chi connectivity index (χ1) is 8.50. The molecule has 18 heavy (non-hydrogen) atoms. The van der Waals surface area contributed by atoms with E-state index in [1.807, 2.05) is 0 Å². The molecular formula is C13H15F3O2. The molecule has 1 heterocycles. The van der Waals surface area contributed by atoms with E-state index >= 15 is 0 Å². The molecule has 0 aliphatic carbocycles. The maximum atomic E-state index is 12.6. The van der Waals surface area contributed by atoms with Gasteiger partial charge in [-0.1, -0.05) is 18.2 Å². The summed E-state index contributed by atoms with van der Waals surface area (Å²) in [5.74, 6) is -0.0184. The van der Waals surface area contributed by atoms with Crippen LogP contribution in [-0.4, -0.2) is 24.4 Å². The first-order valence-electron chi connectivity index (χ1n) is 5.90.